The molecule has 0 radical (unpaired) electrons. The van der Waals surface area contributed by atoms with E-state index in [9.17, 15) is 4.79 Å². The highest BCUT2D eigenvalue weighted by atomic mass is 32.1. The molecule has 1 aliphatic rings. The summed E-state index contributed by atoms with van der Waals surface area (Å²) in [7, 11) is 3.25. The van der Waals surface area contributed by atoms with Crippen LogP contribution in [0.15, 0.2) is 24.5 Å². The van der Waals surface area contributed by atoms with Crippen LogP contribution in [0.25, 0.3) is 10.2 Å². The maximum atomic E-state index is 12.8. The van der Waals surface area contributed by atoms with E-state index in [1.165, 1.54) is 17.7 Å². The SMILES string of the molecule is COc1ccc(CCNc2ncnc3sc(C(=O)N[C@@H]4CCOC4)c(C)c23)cc1OC. The number of hydrogen-bond donors (Lipinski definition) is 2. The van der Waals surface area contributed by atoms with Gasteiger partial charge < -0.3 is 24.8 Å². The minimum Gasteiger partial charge on any atom is -0.493 e. The van der Waals surface area contributed by atoms with Crippen LogP contribution in [0.4, 0.5) is 5.82 Å². The molecule has 0 saturated carbocycles. The highest BCUT2D eigenvalue weighted by Crippen LogP contribution is 2.33. The molecule has 2 aromatic heterocycles. The van der Waals surface area contributed by atoms with Gasteiger partial charge in [-0.2, -0.15) is 0 Å². The Morgan fingerprint density at radius 2 is 2.10 bits per heavy atom. The predicted molar refractivity (Wildman–Crippen MR) is 121 cm³/mol. The molecule has 9 heteroatoms. The topological polar surface area (TPSA) is 94.6 Å². The van der Waals surface area contributed by atoms with Gasteiger partial charge in [-0.15, -0.1) is 11.3 Å². The number of nitrogens with zero attached hydrogens (tertiary/aromatic N) is 2. The van der Waals surface area contributed by atoms with Gasteiger partial charge in [0.05, 0.1) is 37.1 Å². The first-order valence-electron chi connectivity index (χ1n) is 10.2. The minimum absolute atomic E-state index is 0.0716. The summed E-state index contributed by atoms with van der Waals surface area (Å²) in [6.07, 6.45) is 3.16. The van der Waals surface area contributed by atoms with Gasteiger partial charge in [0.25, 0.3) is 5.91 Å². The Bertz CT molecular complexity index is 1080. The first kappa shape index (κ1) is 21.3. The fraction of sp³-hybridized carbons (Fsp3) is 0.409. The van der Waals surface area contributed by atoms with Crippen molar-refractivity contribution >= 4 is 33.3 Å². The molecule has 4 rings (SSSR count). The number of benzene rings is 1. The monoisotopic (exact) mass is 442 g/mol. The van der Waals surface area contributed by atoms with Crippen molar-refractivity contribution in [3.63, 3.8) is 0 Å². The molecule has 3 heterocycles. The first-order valence-corrected chi connectivity index (χ1v) is 11.0. The zero-order chi connectivity index (χ0) is 21.8. The number of thiophene rings is 1. The molecule has 1 aromatic carbocycles. The molecule has 1 saturated heterocycles. The van der Waals surface area contributed by atoms with E-state index in [1.807, 2.05) is 25.1 Å². The third-order valence-electron chi connectivity index (χ3n) is 5.35. The molecule has 31 heavy (non-hydrogen) atoms. The highest BCUT2D eigenvalue weighted by molar-refractivity contribution is 7.20. The second kappa shape index (κ2) is 9.49. The minimum atomic E-state index is -0.0766. The van der Waals surface area contributed by atoms with Crippen LogP contribution >= 0.6 is 11.3 Å². The van der Waals surface area contributed by atoms with Gasteiger partial charge in [0.2, 0.25) is 0 Å². The average molecular weight is 443 g/mol. The van der Waals surface area contributed by atoms with Crippen LogP contribution in [0, 0.1) is 6.92 Å². The van der Waals surface area contributed by atoms with E-state index in [-0.39, 0.29) is 11.9 Å². The van der Waals surface area contributed by atoms with Gasteiger partial charge in [-0.1, -0.05) is 6.07 Å². The number of carbonyl (C=O) groups is 1. The Morgan fingerprint density at radius 1 is 1.26 bits per heavy atom. The molecule has 1 aliphatic heterocycles. The normalized spacial score (nSPS) is 15.8. The summed E-state index contributed by atoms with van der Waals surface area (Å²) in [6, 6.07) is 5.97. The smallest absolute Gasteiger partial charge is 0.262 e. The molecular weight excluding hydrogens is 416 g/mol. The largest absolute Gasteiger partial charge is 0.493 e. The van der Waals surface area contributed by atoms with Gasteiger partial charge in [0.1, 0.15) is 17.0 Å². The first-order chi connectivity index (χ1) is 15.1. The summed E-state index contributed by atoms with van der Waals surface area (Å²) < 4.78 is 16.0. The van der Waals surface area contributed by atoms with Crippen LogP contribution in [0.2, 0.25) is 0 Å². The Hall–Kier alpha value is -2.91. The summed E-state index contributed by atoms with van der Waals surface area (Å²) in [5, 5.41) is 7.35. The molecule has 8 nitrogen and oxygen atoms in total. The van der Waals surface area contributed by atoms with Crippen LogP contribution < -0.4 is 20.1 Å². The number of anilines is 1. The molecule has 164 valence electrons. The number of hydrogen-bond acceptors (Lipinski definition) is 8. The molecular formula is C22H26N4O4S. The standard InChI is InChI=1S/C22H26N4O4S/c1-13-18-20(23-8-6-14-4-5-16(28-2)17(10-14)29-3)24-12-25-22(18)31-19(13)21(27)26-15-7-9-30-11-15/h4-5,10,12,15H,6-9,11H2,1-3H3,(H,26,27)(H,23,24,25)/t15-/m1/s1. The van der Waals surface area contributed by atoms with E-state index in [4.69, 9.17) is 14.2 Å². The number of ether oxygens (including phenoxy) is 3. The summed E-state index contributed by atoms with van der Waals surface area (Å²) in [4.78, 5) is 23.0. The number of rotatable bonds is 8. The van der Waals surface area contributed by atoms with Crippen molar-refractivity contribution in [1.82, 2.24) is 15.3 Å². The Kier molecular flexibility index (Phi) is 6.53. The van der Waals surface area contributed by atoms with E-state index >= 15 is 0 Å². The van der Waals surface area contributed by atoms with E-state index in [0.717, 1.165) is 40.0 Å². The molecule has 0 aliphatic carbocycles. The molecule has 1 fully saturated rings. The third-order valence-corrected chi connectivity index (χ3v) is 6.55. The summed E-state index contributed by atoms with van der Waals surface area (Å²) in [5.41, 5.74) is 2.02. The number of aryl methyl sites for hydroxylation is 1. The van der Waals surface area contributed by atoms with E-state index in [0.29, 0.717) is 36.1 Å². The van der Waals surface area contributed by atoms with Crippen molar-refractivity contribution in [3.05, 3.63) is 40.5 Å². The maximum absolute atomic E-state index is 12.8. The molecule has 3 aromatic rings. The molecule has 1 amide bonds. The number of aromatic nitrogens is 2. The van der Waals surface area contributed by atoms with Gasteiger partial charge >= 0.3 is 0 Å². The van der Waals surface area contributed by atoms with Crippen LogP contribution in [-0.4, -0.2) is 55.9 Å². The van der Waals surface area contributed by atoms with E-state index in [2.05, 4.69) is 20.6 Å². The lowest BCUT2D eigenvalue weighted by Gasteiger charge is -2.11. The third kappa shape index (κ3) is 4.57. The molecule has 0 unspecified atom stereocenters. The molecule has 0 bridgehead atoms. The van der Waals surface area contributed by atoms with Gasteiger partial charge in [-0.05, 0) is 43.0 Å². The number of methoxy groups -OCH3 is 2. The summed E-state index contributed by atoms with van der Waals surface area (Å²) in [5.74, 6) is 2.08. The lowest BCUT2D eigenvalue weighted by atomic mass is 10.1. The van der Waals surface area contributed by atoms with Crippen LogP contribution in [0.5, 0.6) is 11.5 Å². The molecule has 0 spiro atoms. The highest BCUT2D eigenvalue weighted by Gasteiger charge is 2.23. The Morgan fingerprint density at radius 3 is 2.84 bits per heavy atom. The van der Waals surface area contributed by atoms with Crippen LogP contribution in [-0.2, 0) is 11.2 Å². The quantitative estimate of drug-likeness (QED) is 0.553. The van der Waals surface area contributed by atoms with Crippen LogP contribution in [0.1, 0.15) is 27.2 Å². The van der Waals surface area contributed by atoms with Crippen molar-refractivity contribution in [2.75, 3.05) is 39.3 Å². The van der Waals surface area contributed by atoms with Gasteiger partial charge in [0.15, 0.2) is 11.5 Å². The second-order valence-electron chi connectivity index (χ2n) is 7.36. The fourth-order valence-electron chi connectivity index (χ4n) is 3.68. The summed E-state index contributed by atoms with van der Waals surface area (Å²) >= 11 is 1.39. The Labute approximate surface area is 184 Å². The Balaban J connectivity index is 1.48. The number of carbonyl (C=O) groups excluding carboxylic acids is 1. The molecule has 1 atom stereocenters. The second-order valence-corrected chi connectivity index (χ2v) is 8.36. The number of nitrogens with one attached hydrogen (secondary N) is 2. The fourth-order valence-corrected chi connectivity index (χ4v) is 4.73. The van der Waals surface area contributed by atoms with Crippen molar-refractivity contribution in [1.29, 1.82) is 0 Å². The van der Waals surface area contributed by atoms with E-state index in [1.54, 1.807) is 14.2 Å². The van der Waals surface area contributed by atoms with E-state index < -0.39 is 0 Å². The zero-order valence-corrected chi connectivity index (χ0v) is 18.7. The van der Waals surface area contributed by atoms with Crippen molar-refractivity contribution in [3.8, 4) is 11.5 Å². The van der Waals surface area contributed by atoms with Gasteiger partial charge in [-0.25, -0.2) is 9.97 Å². The molecule has 2 N–H and O–H groups in total. The van der Waals surface area contributed by atoms with Gasteiger partial charge in [0, 0.05) is 13.2 Å². The predicted octanol–water partition coefficient (Wildman–Crippen LogP) is 3.19. The lowest BCUT2D eigenvalue weighted by molar-refractivity contribution is 0.0933. The van der Waals surface area contributed by atoms with Crippen molar-refractivity contribution < 1.29 is 19.0 Å². The number of amides is 1. The van der Waals surface area contributed by atoms with Crippen molar-refractivity contribution in [2.45, 2.75) is 25.8 Å². The summed E-state index contributed by atoms with van der Waals surface area (Å²) in [6.45, 7) is 3.88. The zero-order valence-electron chi connectivity index (χ0n) is 17.9. The van der Waals surface area contributed by atoms with Crippen molar-refractivity contribution in [2.24, 2.45) is 0 Å². The maximum Gasteiger partial charge on any atom is 0.262 e. The van der Waals surface area contributed by atoms with Crippen LogP contribution in [0.3, 0.4) is 0 Å². The van der Waals surface area contributed by atoms with Gasteiger partial charge in [-0.3, -0.25) is 4.79 Å². The number of fused-ring (bicyclic) bond motifs is 1. The lowest BCUT2D eigenvalue weighted by Crippen LogP contribution is -2.34. The average Bonchev–Trinajstić information content (AvgIpc) is 3.41.